The molecule has 70 valence electrons. The number of nitrogens with two attached hydrogens (primary N) is 1. The first-order valence-electron chi connectivity index (χ1n) is 4.36. The van der Waals surface area contributed by atoms with Crippen LogP contribution in [0.3, 0.4) is 0 Å². The molecule has 0 fully saturated rings. The smallest absolute Gasteiger partial charge is 0.123 e. The molecule has 3 heteroatoms. The predicted octanol–water partition coefficient (Wildman–Crippen LogP) is 2.16. The molecule has 2 nitrogen and oxygen atoms in total. The standard InChI is InChI=1S/C10H12ClNO/c1-6(12)9-5-13-10-3-2-7(11)4-8(9)10/h2-4,6,9H,5,12H2,1H3. The minimum Gasteiger partial charge on any atom is -0.493 e. The summed E-state index contributed by atoms with van der Waals surface area (Å²) in [6, 6.07) is 5.79. The third kappa shape index (κ3) is 1.52. The minimum atomic E-state index is 0.111. The van der Waals surface area contributed by atoms with Gasteiger partial charge in [-0.15, -0.1) is 0 Å². The lowest BCUT2D eigenvalue weighted by molar-refractivity contribution is 0.318. The zero-order valence-corrected chi connectivity index (χ0v) is 8.21. The topological polar surface area (TPSA) is 35.2 Å². The van der Waals surface area contributed by atoms with Crippen LogP contribution < -0.4 is 10.5 Å². The first-order chi connectivity index (χ1) is 6.18. The second-order valence-corrected chi connectivity index (χ2v) is 3.90. The first kappa shape index (κ1) is 8.85. The van der Waals surface area contributed by atoms with E-state index in [-0.39, 0.29) is 12.0 Å². The molecule has 0 radical (unpaired) electrons. The van der Waals surface area contributed by atoms with Crippen LogP contribution in [0.5, 0.6) is 5.75 Å². The van der Waals surface area contributed by atoms with Gasteiger partial charge in [-0.1, -0.05) is 11.6 Å². The fourth-order valence-corrected chi connectivity index (χ4v) is 1.83. The number of halogens is 1. The summed E-state index contributed by atoms with van der Waals surface area (Å²) in [5, 5.41) is 0.745. The Morgan fingerprint density at radius 2 is 2.38 bits per heavy atom. The average Bonchev–Trinajstić information content (AvgIpc) is 2.46. The van der Waals surface area contributed by atoms with Gasteiger partial charge in [0, 0.05) is 22.5 Å². The quantitative estimate of drug-likeness (QED) is 0.749. The van der Waals surface area contributed by atoms with Gasteiger partial charge in [-0.05, 0) is 25.1 Å². The van der Waals surface area contributed by atoms with Crippen molar-refractivity contribution in [3.8, 4) is 5.75 Å². The Labute approximate surface area is 82.6 Å². The molecule has 1 aliphatic heterocycles. The van der Waals surface area contributed by atoms with Crippen molar-refractivity contribution in [2.24, 2.45) is 5.73 Å². The fourth-order valence-electron chi connectivity index (χ4n) is 1.64. The van der Waals surface area contributed by atoms with E-state index in [1.54, 1.807) is 0 Å². The van der Waals surface area contributed by atoms with E-state index in [2.05, 4.69) is 0 Å². The average molecular weight is 198 g/mol. The number of fused-ring (bicyclic) bond motifs is 1. The third-order valence-electron chi connectivity index (χ3n) is 2.42. The van der Waals surface area contributed by atoms with Gasteiger partial charge in [-0.25, -0.2) is 0 Å². The SMILES string of the molecule is CC(N)C1COc2ccc(Cl)cc21. The molecule has 2 rings (SSSR count). The zero-order chi connectivity index (χ0) is 9.42. The molecule has 1 aliphatic rings. The summed E-state index contributed by atoms with van der Waals surface area (Å²) in [6.07, 6.45) is 0. The lowest BCUT2D eigenvalue weighted by atomic mass is 9.95. The molecule has 1 aromatic carbocycles. The highest BCUT2D eigenvalue weighted by molar-refractivity contribution is 6.30. The zero-order valence-electron chi connectivity index (χ0n) is 7.46. The Hall–Kier alpha value is -0.730. The summed E-state index contributed by atoms with van der Waals surface area (Å²) in [5.74, 6) is 1.21. The van der Waals surface area contributed by atoms with Crippen LogP contribution in [-0.2, 0) is 0 Å². The van der Waals surface area contributed by atoms with E-state index in [4.69, 9.17) is 22.1 Å². The summed E-state index contributed by atoms with van der Waals surface area (Å²) >= 11 is 5.90. The van der Waals surface area contributed by atoms with Crippen molar-refractivity contribution in [2.45, 2.75) is 18.9 Å². The van der Waals surface area contributed by atoms with Gasteiger partial charge in [0.15, 0.2) is 0 Å². The van der Waals surface area contributed by atoms with Gasteiger partial charge in [0.25, 0.3) is 0 Å². The monoisotopic (exact) mass is 197 g/mol. The molecule has 0 saturated carbocycles. The molecule has 1 aromatic rings. The van der Waals surface area contributed by atoms with Gasteiger partial charge in [-0.3, -0.25) is 0 Å². The molecule has 1 heterocycles. The van der Waals surface area contributed by atoms with Crippen molar-refractivity contribution in [3.63, 3.8) is 0 Å². The number of hydrogen-bond donors (Lipinski definition) is 1. The van der Waals surface area contributed by atoms with E-state index in [1.807, 2.05) is 25.1 Å². The summed E-state index contributed by atoms with van der Waals surface area (Å²) in [4.78, 5) is 0. The van der Waals surface area contributed by atoms with E-state index >= 15 is 0 Å². The molecule has 0 spiro atoms. The molecule has 0 aliphatic carbocycles. The van der Waals surface area contributed by atoms with Crippen molar-refractivity contribution in [2.75, 3.05) is 6.61 Å². The fraction of sp³-hybridized carbons (Fsp3) is 0.400. The molecule has 0 amide bonds. The molecule has 13 heavy (non-hydrogen) atoms. The Kier molecular flexibility index (Phi) is 2.18. The van der Waals surface area contributed by atoms with Crippen molar-refractivity contribution >= 4 is 11.6 Å². The van der Waals surface area contributed by atoms with Crippen molar-refractivity contribution < 1.29 is 4.74 Å². The highest BCUT2D eigenvalue weighted by Crippen LogP contribution is 2.36. The van der Waals surface area contributed by atoms with Gasteiger partial charge < -0.3 is 10.5 Å². The summed E-state index contributed by atoms with van der Waals surface area (Å²) in [7, 11) is 0. The van der Waals surface area contributed by atoms with Crippen LogP contribution in [0, 0.1) is 0 Å². The molecule has 0 aromatic heterocycles. The number of hydrogen-bond acceptors (Lipinski definition) is 2. The Morgan fingerprint density at radius 1 is 1.62 bits per heavy atom. The highest BCUT2D eigenvalue weighted by atomic mass is 35.5. The Bertz CT molecular complexity index is 325. The number of benzene rings is 1. The van der Waals surface area contributed by atoms with Gasteiger partial charge >= 0.3 is 0 Å². The summed E-state index contributed by atoms with van der Waals surface area (Å²) < 4.78 is 5.49. The second-order valence-electron chi connectivity index (χ2n) is 3.46. The van der Waals surface area contributed by atoms with Crippen molar-refractivity contribution in [1.82, 2.24) is 0 Å². The lowest BCUT2D eigenvalue weighted by Gasteiger charge is -2.12. The van der Waals surface area contributed by atoms with Crippen LogP contribution >= 0.6 is 11.6 Å². The molecule has 0 saturated heterocycles. The summed E-state index contributed by atoms with van der Waals surface area (Å²) in [5.41, 5.74) is 6.98. The maximum atomic E-state index is 5.90. The van der Waals surface area contributed by atoms with Gasteiger partial charge in [-0.2, -0.15) is 0 Å². The molecular formula is C10H12ClNO. The van der Waals surface area contributed by atoms with E-state index < -0.39 is 0 Å². The van der Waals surface area contributed by atoms with E-state index in [0.29, 0.717) is 6.61 Å². The van der Waals surface area contributed by atoms with Crippen LogP contribution in [0.2, 0.25) is 5.02 Å². The number of rotatable bonds is 1. The Balaban J connectivity index is 2.40. The maximum Gasteiger partial charge on any atom is 0.123 e. The number of ether oxygens (including phenoxy) is 1. The predicted molar refractivity (Wildman–Crippen MR) is 53.3 cm³/mol. The van der Waals surface area contributed by atoms with E-state index in [1.165, 1.54) is 0 Å². The van der Waals surface area contributed by atoms with E-state index in [0.717, 1.165) is 16.3 Å². The maximum absolute atomic E-state index is 5.90. The largest absolute Gasteiger partial charge is 0.493 e. The molecule has 2 atom stereocenters. The van der Waals surface area contributed by atoms with E-state index in [9.17, 15) is 0 Å². The molecule has 0 bridgehead atoms. The van der Waals surface area contributed by atoms with Crippen LogP contribution in [0.1, 0.15) is 18.4 Å². The van der Waals surface area contributed by atoms with Gasteiger partial charge in [0.2, 0.25) is 0 Å². The van der Waals surface area contributed by atoms with Gasteiger partial charge in [0.05, 0.1) is 6.61 Å². The summed E-state index contributed by atoms with van der Waals surface area (Å²) in [6.45, 7) is 2.66. The second kappa shape index (κ2) is 3.20. The van der Waals surface area contributed by atoms with Crippen LogP contribution in [-0.4, -0.2) is 12.6 Å². The van der Waals surface area contributed by atoms with Gasteiger partial charge in [0.1, 0.15) is 5.75 Å². The lowest BCUT2D eigenvalue weighted by Crippen LogP contribution is -2.25. The van der Waals surface area contributed by atoms with Crippen molar-refractivity contribution in [1.29, 1.82) is 0 Å². The van der Waals surface area contributed by atoms with Crippen LogP contribution in [0.25, 0.3) is 0 Å². The molecule has 2 N–H and O–H groups in total. The molecular weight excluding hydrogens is 186 g/mol. The molecule has 2 unspecified atom stereocenters. The third-order valence-corrected chi connectivity index (χ3v) is 2.66. The minimum absolute atomic E-state index is 0.111. The first-order valence-corrected chi connectivity index (χ1v) is 4.74. The normalized spacial score (nSPS) is 22.2. The highest BCUT2D eigenvalue weighted by Gasteiger charge is 2.26. The van der Waals surface area contributed by atoms with Crippen LogP contribution in [0.4, 0.5) is 0 Å². The van der Waals surface area contributed by atoms with Crippen molar-refractivity contribution in [3.05, 3.63) is 28.8 Å². The van der Waals surface area contributed by atoms with Crippen LogP contribution in [0.15, 0.2) is 18.2 Å². The Morgan fingerprint density at radius 3 is 3.08 bits per heavy atom.